The van der Waals surface area contributed by atoms with Crippen molar-refractivity contribution in [3.8, 4) is 5.75 Å². The van der Waals surface area contributed by atoms with Crippen LogP contribution in [0.1, 0.15) is 24.0 Å². The van der Waals surface area contributed by atoms with E-state index in [0.717, 1.165) is 35.7 Å². The minimum absolute atomic E-state index is 0.108. The number of benzene rings is 2. The van der Waals surface area contributed by atoms with E-state index in [0.29, 0.717) is 13.1 Å². The van der Waals surface area contributed by atoms with Crippen molar-refractivity contribution in [3.63, 3.8) is 0 Å². The van der Waals surface area contributed by atoms with Gasteiger partial charge in [-0.25, -0.2) is 4.39 Å². The highest BCUT2D eigenvalue weighted by Crippen LogP contribution is 2.48. The SMILES string of the molecule is CN=C(NCc1ccc(OC)cc1)NCC1(c2ccccc2F)CC1. The maximum Gasteiger partial charge on any atom is 0.191 e. The van der Waals surface area contributed by atoms with Crippen molar-refractivity contribution >= 4 is 5.96 Å². The molecule has 0 heterocycles. The molecule has 0 aromatic heterocycles. The summed E-state index contributed by atoms with van der Waals surface area (Å²) in [4.78, 5) is 4.26. The van der Waals surface area contributed by atoms with Gasteiger partial charge in [0.1, 0.15) is 11.6 Å². The molecule has 1 saturated carbocycles. The van der Waals surface area contributed by atoms with Crippen LogP contribution in [0.3, 0.4) is 0 Å². The summed E-state index contributed by atoms with van der Waals surface area (Å²) in [6.07, 6.45) is 1.99. The fourth-order valence-corrected chi connectivity index (χ4v) is 2.99. The molecule has 0 radical (unpaired) electrons. The minimum Gasteiger partial charge on any atom is -0.497 e. The first-order valence-corrected chi connectivity index (χ1v) is 8.49. The predicted molar refractivity (Wildman–Crippen MR) is 98.5 cm³/mol. The van der Waals surface area contributed by atoms with Crippen LogP contribution in [0.15, 0.2) is 53.5 Å². The number of methoxy groups -OCH3 is 1. The normalized spacial score (nSPS) is 15.6. The van der Waals surface area contributed by atoms with Gasteiger partial charge < -0.3 is 15.4 Å². The third-order valence-corrected chi connectivity index (χ3v) is 4.74. The van der Waals surface area contributed by atoms with Crippen molar-refractivity contribution in [3.05, 3.63) is 65.5 Å². The number of ether oxygens (including phenoxy) is 1. The van der Waals surface area contributed by atoms with Crippen LogP contribution in [-0.4, -0.2) is 26.7 Å². The van der Waals surface area contributed by atoms with Crippen LogP contribution in [0.2, 0.25) is 0 Å². The number of guanidine groups is 1. The second-order valence-electron chi connectivity index (χ2n) is 6.39. The number of hydrogen-bond acceptors (Lipinski definition) is 2. The van der Waals surface area contributed by atoms with Gasteiger partial charge in [0.05, 0.1) is 7.11 Å². The van der Waals surface area contributed by atoms with Crippen LogP contribution in [0.5, 0.6) is 5.75 Å². The standard InChI is InChI=1S/C20H24FN3O/c1-22-19(23-13-15-7-9-16(25-2)10-8-15)24-14-20(11-12-20)17-5-3-4-6-18(17)21/h3-10H,11-14H2,1-2H3,(H2,22,23,24). The second-order valence-corrected chi connectivity index (χ2v) is 6.39. The highest BCUT2D eigenvalue weighted by Gasteiger charge is 2.45. The Kier molecular flexibility index (Phi) is 5.22. The van der Waals surface area contributed by atoms with Crippen molar-refractivity contribution < 1.29 is 9.13 Å². The molecule has 1 aliphatic rings. The second kappa shape index (κ2) is 7.55. The van der Waals surface area contributed by atoms with Crippen molar-refractivity contribution in [1.82, 2.24) is 10.6 Å². The minimum atomic E-state index is -0.122. The number of halogens is 1. The van der Waals surface area contributed by atoms with Gasteiger partial charge in [-0.05, 0) is 42.2 Å². The van der Waals surface area contributed by atoms with Crippen LogP contribution >= 0.6 is 0 Å². The van der Waals surface area contributed by atoms with Crippen molar-refractivity contribution in [2.75, 3.05) is 20.7 Å². The quantitative estimate of drug-likeness (QED) is 0.626. The highest BCUT2D eigenvalue weighted by molar-refractivity contribution is 5.79. The van der Waals surface area contributed by atoms with Gasteiger partial charge in [0.25, 0.3) is 0 Å². The smallest absolute Gasteiger partial charge is 0.191 e. The van der Waals surface area contributed by atoms with E-state index in [-0.39, 0.29) is 11.2 Å². The number of aliphatic imine (C=N–C) groups is 1. The first-order chi connectivity index (χ1) is 12.2. The zero-order chi connectivity index (χ0) is 17.7. The molecule has 132 valence electrons. The lowest BCUT2D eigenvalue weighted by atomic mass is 9.95. The van der Waals surface area contributed by atoms with Gasteiger partial charge in [-0.15, -0.1) is 0 Å². The van der Waals surface area contributed by atoms with Gasteiger partial charge in [-0.2, -0.15) is 0 Å². The molecule has 0 spiro atoms. The molecule has 2 aromatic carbocycles. The molecule has 0 atom stereocenters. The fraction of sp³-hybridized carbons (Fsp3) is 0.350. The van der Waals surface area contributed by atoms with Gasteiger partial charge in [0, 0.05) is 25.6 Å². The highest BCUT2D eigenvalue weighted by atomic mass is 19.1. The molecular weight excluding hydrogens is 317 g/mol. The lowest BCUT2D eigenvalue weighted by Crippen LogP contribution is -2.41. The monoisotopic (exact) mass is 341 g/mol. The Labute approximate surface area is 148 Å². The van der Waals surface area contributed by atoms with Crippen LogP contribution in [-0.2, 0) is 12.0 Å². The molecule has 0 amide bonds. The molecule has 0 aliphatic heterocycles. The van der Waals surface area contributed by atoms with E-state index >= 15 is 0 Å². The summed E-state index contributed by atoms with van der Waals surface area (Å²) in [6.45, 7) is 1.34. The zero-order valence-corrected chi connectivity index (χ0v) is 14.7. The Balaban J connectivity index is 1.55. The summed E-state index contributed by atoms with van der Waals surface area (Å²) in [5, 5.41) is 6.63. The maximum atomic E-state index is 14.1. The molecule has 2 N–H and O–H groups in total. The number of hydrogen-bond donors (Lipinski definition) is 2. The lowest BCUT2D eigenvalue weighted by Gasteiger charge is -2.19. The van der Waals surface area contributed by atoms with E-state index in [1.165, 1.54) is 6.07 Å². The van der Waals surface area contributed by atoms with Crippen LogP contribution in [0.25, 0.3) is 0 Å². The van der Waals surface area contributed by atoms with Crippen molar-refractivity contribution in [1.29, 1.82) is 0 Å². The Bertz CT molecular complexity index is 739. The third kappa shape index (κ3) is 4.10. The number of rotatable bonds is 6. The van der Waals surface area contributed by atoms with E-state index < -0.39 is 0 Å². The Morgan fingerprint density at radius 2 is 1.84 bits per heavy atom. The largest absolute Gasteiger partial charge is 0.497 e. The van der Waals surface area contributed by atoms with Gasteiger partial charge in [-0.3, -0.25) is 4.99 Å². The first kappa shape index (κ1) is 17.3. The lowest BCUT2D eigenvalue weighted by molar-refractivity contribution is 0.414. The molecule has 0 bridgehead atoms. The maximum absolute atomic E-state index is 14.1. The molecule has 4 nitrogen and oxygen atoms in total. The Morgan fingerprint density at radius 1 is 1.12 bits per heavy atom. The molecule has 2 aromatic rings. The summed E-state index contributed by atoms with van der Waals surface area (Å²) in [6, 6.07) is 15.0. The first-order valence-electron chi connectivity index (χ1n) is 8.49. The van der Waals surface area contributed by atoms with E-state index in [2.05, 4.69) is 15.6 Å². The average Bonchev–Trinajstić information content (AvgIpc) is 3.43. The van der Waals surface area contributed by atoms with Crippen molar-refractivity contribution in [2.45, 2.75) is 24.8 Å². The van der Waals surface area contributed by atoms with E-state index in [4.69, 9.17) is 4.74 Å². The summed E-state index contributed by atoms with van der Waals surface area (Å²) < 4.78 is 19.2. The summed E-state index contributed by atoms with van der Waals surface area (Å²) in [7, 11) is 3.40. The van der Waals surface area contributed by atoms with Gasteiger partial charge in [0.2, 0.25) is 0 Å². The van der Waals surface area contributed by atoms with Crippen LogP contribution in [0, 0.1) is 5.82 Å². The number of nitrogens with zero attached hydrogens (tertiary/aromatic N) is 1. The van der Waals surface area contributed by atoms with Gasteiger partial charge in [0.15, 0.2) is 5.96 Å². The Morgan fingerprint density at radius 3 is 2.44 bits per heavy atom. The van der Waals surface area contributed by atoms with E-state index in [1.807, 2.05) is 36.4 Å². The zero-order valence-electron chi connectivity index (χ0n) is 14.7. The molecular formula is C20H24FN3O. The summed E-state index contributed by atoms with van der Waals surface area (Å²) in [5.74, 6) is 1.44. The molecule has 25 heavy (non-hydrogen) atoms. The van der Waals surface area contributed by atoms with Crippen LogP contribution < -0.4 is 15.4 Å². The summed E-state index contributed by atoms with van der Waals surface area (Å²) in [5.41, 5.74) is 1.83. The molecule has 1 aliphatic carbocycles. The molecule has 0 saturated heterocycles. The number of nitrogens with one attached hydrogen (secondary N) is 2. The molecule has 1 fully saturated rings. The average molecular weight is 341 g/mol. The molecule has 0 unspecified atom stereocenters. The Hall–Kier alpha value is -2.56. The third-order valence-electron chi connectivity index (χ3n) is 4.74. The van der Waals surface area contributed by atoms with Gasteiger partial charge in [-0.1, -0.05) is 30.3 Å². The molecule has 5 heteroatoms. The van der Waals surface area contributed by atoms with Crippen LogP contribution in [0.4, 0.5) is 4.39 Å². The molecule has 3 rings (SSSR count). The van der Waals surface area contributed by atoms with Crippen molar-refractivity contribution in [2.24, 2.45) is 4.99 Å². The van der Waals surface area contributed by atoms with E-state index in [1.54, 1.807) is 20.2 Å². The fourth-order valence-electron chi connectivity index (χ4n) is 2.99. The summed E-state index contributed by atoms with van der Waals surface area (Å²) >= 11 is 0. The topological polar surface area (TPSA) is 45.7 Å². The van der Waals surface area contributed by atoms with E-state index in [9.17, 15) is 4.39 Å². The van der Waals surface area contributed by atoms with Gasteiger partial charge >= 0.3 is 0 Å². The predicted octanol–water partition coefficient (Wildman–Crippen LogP) is 3.23.